The van der Waals surface area contributed by atoms with Crippen molar-refractivity contribution in [1.82, 2.24) is 62.1 Å². The number of rotatable bonds is 7. The topological polar surface area (TPSA) is 475 Å². The van der Waals surface area contributed by atoms with Crippen molar-refractivity contribution in [3.05, 3.63) is 130 Å². The molecular formula is C69H103N35O7. The lowest BCUT2D eigenvalue weighted by atomic mass is 10.4. The highest BCUT2D eigenvalue weighted by Gasteiger charge is 2.27. The zero-order valence-corrected chi connectivity index (χ0v) is 66.0. The van der Waals surface area contributed by atoms with E-state index in [1.807, 2.05) is 202 Å². The second-order valence-corrected chi connectivity index (χ2v) is 25.1. The third-order valence-corrected chi connectivity index (χ3v) is 15.3. The molecule has 7 atom stereocenters. The molecule has 0 spiro atoms. The third-order valence-electron chi connectivity index (χ3n) is 15.3. The molecule has 7 unspecified atom stereocenters. The third kappa shape index (κ3) is 25.4. The number of nitrogens with one attached hydrogen (secondary N) is 11. The molecule has 0 saturated heterocycles. The standard InChI is InChI=1S/C12H19N5O.C11H17N5O.2C10H15N5O.2C9H13N5O.C8H11N5O/c1-9-13-11(15(2)3)17(5)12(14-9)16(4)10-6-7-18-8-10;1-8-12-10(15(2)3)14-11(13-8)16(4)9-5-6-17-7-9;1-7-11-9(13-8-4-5-16-6-8)14-10(12-7)15(2)3;1-7-12-9(11-2)14-10(13-7)15(3)8-4-5-16-6-8;1-6-11-8(10)13-9(12-6)14(2)7-3-4-15-5-7;1-6-11-8(10-2)14-9(12-6)13-7-3-4-15-5-7;1-5-10-7(9)13-8(11-5)12-6-2-3-14-4-6/h6-9H,1-5H3;5-8H,1-4H3,(H,12,13,14);2*4-7H,1-3H3,(H2,11,12,13,14);3-6H,1-2H3,(H3,10,11,12,13);3-6H,1-2H3,(H3,10,11,12,13,14);2-5H,1H3,(H4,9,10,11,12,13). The van der Waals surface area contributed by atoms with Gasteiger partial charge in [-0.15, -0.1) is 0 Å². The summed E-state index contributed by atoms with van der Waals surface area (Å²) in [5.41, 5.74) is 17.4. The number of furan rings is 7. The van der Waals surface area contributed by atoms with Crippen LogP contribution in [-0.4, -0.2) is 238 Å². The highest BCUT2D eigenvalue weighted by molar-refractivity contribution is 6.11. The fourth-order valence-corrected chi connectivity index (χ4v) is 9.93. The second-order valence-electron chi connectivity index (χ2n) is 25.1. The van der Waals surface area contributed by atoms with Gasteiger partial charge in [-0.3, -0.25) is 46.8 Å². The Balaban J connectivity index is 0.000000163. The first-order chi connectivity index (χ1) is 53.1. The van der Waals surface area contributed by atoms with Crippen LogP contribution >= 0.6 is 0 Å². The summed E-state index contributed by atoms with van der Waals surface area (Å²) in [5, 5.41) is 33.4. The van der Waals surface area contributed by atoms with Crippen LogP contribution in [0.5, 0.6) is 0 Å². The predicted octanol–water partition coefficient (Wildman–Crippen LogP) is 4.95. The van der Waals surface area contributed by atoms with Crippen LogP contribution < -0.4 is 89.6 Å². The molecule has 14 rings (SSSR count). The van der Waals surface area contributed by atoms with Crippen molar-refractivity contribution in [1.29, 1.82) is 0 Å². The summed E-state index contributed by atoms with van der Waals surface area (Å²) in [6.07, 6.45) is 22.2. The fourth-order valence-electron chi connectivity index (χ4n) is 9.93. The number of aliphatic imine (C=N–C) groups is 14. The van der Waals surface area contributed by atoms with Gasteiger partial charge in [-0.1, -0.05) is 0 Å². The van der Waals surface area contributed by atoms with E-state index in [-0.39, 0.29) is 43.2 Å². The summed E-state index contributed by atoms with van der Waals surface area (Å²) in [6.45, 7) is 13.5. The first kappa shape index (κ1) is 82.8. The maximum absolute atomic E-state index is 5.61. The molecule has 7 aromatic rings. The molecule has 0 fully saturated rings. The zero-order chi connectivity index (χ0) is 80.3. The van der Waals surface area contributed by atoms with E-state index >= 15 is 0 Å². The van der Waals surface area contributed by atoms with Crippen molar-refractivity contribution >= 4 is 123 Å². The van der Waals surface area contributed by atoms with Gasteiger partial charge >= 0.3 is 0 Å². The van der Waals surface area contributed by atoms with E-state index in [1.54, 1.807) is 108 Å². The van der Waals surface area contributed by atoms with Gasteiger partial charge in [0, 0.05) is 116 Å². The van der Waals surface area contributed by atoms with Crippen molar-refractivity contribution in [2.24, 2.45) is 81.4 Å². The maximum Gasteiger partial charge on any atom is 0.209 e. The lowest BCUT2D eigenvalue weighted by Crippen LogP contribution is -2.54. The second kappa shape index (κ2) is 40.2. The maximum atomic E-state index is 5.61. The van der Waals surface area contributed by atoms with Crippen LogP contribution in [0.15, 0.2) is 231 Å². The normalized spacial score (nSPS) is 20.6. The first-order valence-electron chi connectivity index (χ1n) is 34.8. The molecule has 7 aliphatic heterocycles. The summed E-state index contributed by atoms with van der Waals surface area (Å²) in [7, 11) is 24.8. The van der Waals surface area contributed by atoms with Gasteiger partial charge in [0.25, 0.3) is 0 Å². The average molecular weight is 1530 g/mol. The minimum absolute atomic E-state index is 0.000601. The van der Waals surface area contributed by atoms with E-state index in [1.165, 1.54) is 0 Å². The number of nitrogens with zero attached hydrogens (tertiary/aromatic N) is 22. The molecule has 15 N–H and O–H groups in total. The van der Waals surface area contributed by atoms with Crippen LogP contribution in [0.25, 0.3) is 0 Å². The van der Waals surface area contributed by atoms with Crippen LogP contribution in [0.2, 0.25) is 0 Å². The molecular weight excluding hydrogens is 1430 g/mol. The van der Waals surface area contributed by atoms with Gasteiger partial charge in [-0.2, -0.15) is 0 Å². The van der Waals surface area contributed by atoms with Gasteiger partial charge < -0.3 is 103 Å². The van der Waals surface area contributed by atoms with E-state index in [0.29, 0.717) is 47.7 Å². The molecule has 42 nitrogen and oxygen atoms in total. The summed E-state index contributed by atoms with van der Waals surface area (Å²) in [4.78, 5) is 75.4. The number of guanidine groups is 14. The SMILES string of the molecule is CC1N=C(N(C)C)N(C)C(N(C)c2ccoc2)=N1.CC1N=C(N(C)C)NC(N(C)c2ccoc2)=N1.CC1N=C(N)NC(N(C)c2ccoc2)=N1.CC1N=C(N)NC(Nc2ccoc2)=N1.CC1N=C(Nc2ccoc2)NC(N(C)C)=N1.CN=C1NC(N(C)c2ccoc2)=NC(C)N1.CN=C1NC(Nc2ccoc2)=NC(C)N1. The largest absolute Gasteiger partial charge is 0.470 e. The summed E-state index contributed by atoms with van der Waals surface area (Å²) in [6, 6.07) is 12.9. The summed E-state index contributed by atoms with van der Waals surface area (Å²) in [5.74, 6) is 9.55. The average Bonchev–Trinajstić information content (AvgIpc) is 1.80. The smallest absolute Gasteiger partial charge is 0.209 e. The quantitative estimate of drug-likeness (QED) is 0.100. The lowest BCUT2D eigenvalue weighted by Gasteiger charge is -2.35. The molecule has 0 aromatic carbocycles. The van der Waals surface area contributed by atoms with Crippen LogP contribution in [0.4, 0.5) is 39.8 Å². The van der Waals surface area contributed by atoms with Gasteiger partial charge in [0.2, 0.25) is 59.6 Å². The van der Waals surface area contributed by atoms with Crippen molar-refractivity contribution in [3.8, 4) is 0 Å². The molecule has 0 saturated carbocycles. The van der Waals surface area contributed by atoms with Crippen molar-refractivity contribution < 1.29 is 30.9 Å². The van der Waals surface area contributed by atoms with Gasteiger partial charge in [0.05, 0.1) is 83.7 Å². The van der Waals surface area contributed by atoms with Crippen molar-refractivity contribution in [3.63, 3.8) is 0 Å². The van der Waals surface area contributed by atoms with E-state index in [2.05, 4.69) is 128 Å². The molecule has 0 aliphatic carbocycles. The summed E-state index contributed by atoms with van der Waals surface area (Å²) < 4.78 is 35.0. The fraction of sp³-hybridized carbons (Fsp3) is 0.391. The van der Waals surface area contributed by atoms with Crippen molar-refractivity contribution in [2.45, 2.75) is 91.6 Å². The molecule has 7 aromatic heterocycles. The van der Waals surface area contributed by atoms with Gasteiger partial charge in [-0.25, -0.2) is 59.9 Å². The number of hydrogen-bond acceptors (Lipinski definition) is 38. The zero-order valence-electron chi connectivity index (χ0n) is 66.0. The van der Waals surface area contributed by atoms with E-state index < -0.39 is 0 Å². The Bertz CT molecular complexity index is 4430. The molecule has 111 heavy (non-hydrogen) atoms. The number of hydrogen-bond donors (Lipinski definition) is 13. The Hall–Kier alpha value is -13.9. The Labute approximate surface area is 644 Å². The van der Waals surface area contributed by atoms with E-state index in [4.69, 9.17) is 42.4 Å². The number of anilines is 7. The molecule has 596 valence electrons. The van der Waals surface area contributed by atoms with E-state index in [9.17, 15) is 0 Å². The van der Waals surface area contributed by atoms with Crippen LogP contribution in [0, 0.1) is 0 Å². The Morgan fingerprint density at radius 1 is 0.342 bits per heavy atom. The minimum Gasteiger partial charge on any atom is -0.470 e. The lowest BCUT2D eigenvalue weighted by molar-refractivity contribution is 0.499. The Morgan fingerprint density at radius 2 is 0.676 bits per heavy atom. The van der Waals surface area contributed by atoms with Gasteiger partial charge in [0.1, 0.15) is 87.0 Å². The van der Waals surface area contributed by atoms with Crippen molar-refractivity contribution in [2.75, 3.05) is 127 Å². The molecule has 7 aliphatic rings. The number of nitrogens with two attached hydrogens (primary N) is 2. The van der Waals surface area contributed by atoms with Crippen LogP contribution in [0.3, 0.4) is 0 Å². The predicted molar refractivity (Wildman–Crippen MR) is 440 cm³/mol. The first-order valence-corrected chi connectivity index (χ1v) is 34.8. The Kier molecular flexibility index (Phi) is 30.0. The Morgan fingerprint density at radius 3 is 1.08 bits per heavy atom. The highest BCUT2D eigenvalue weighted by Crippen LogP contribution is 2.21. The van der Waals surface area contributed by atoms with Gasteiger partial charge in [0.15, 0.2) is 23.8 Å². The summed E-state index contributed by atoms with van der Waals surface area (Å²) >= 11 is 0. The van der Waals surface area contributed by atoms with E-state index in [0.717, 1.165) is 75.6 Å². The molecule has 0 radical (unpaired) electrons. The van der Waals surface area contributed by atoms with Gasteiger partial charge in [-0.05, 0) is 66.7 Å². The molecule has 42 heteroatoms. The molecule has 0 bridgehead atoms. The molecule has 0 amide bonds. The van der Waals surface area contributed by atoms with Crippen LogP contribution in [0.1, 0.15) is 48.5 Å². The monoisotopic (exact) mass is 1530 g/mol. The van der Waals surface area contributed by atoms with Crippen LogP contribution in [-0.2, 0) is 0 Å². The highest BCUT2D eigenvalue weighted by atomic mass is 16.3. The minimum atomic E-state index is -0.161. The molecule has 14 heterocycles.